The number of nitrogens with one attached hydrogen (secondary N) is 1. The first kappa shape index (κ1) is 31.4. The summed E-state index contributed by atoms with van der Waals surface area (Å²) in [6, 6.07) is 30.3. The van der Waals surface area contributed by atoms with E-state index in [1.807, 2.05) is 51.1 Å². The number of hydrogen-bond acceptors (Lipinski definition) is 4. The number of benzene rings is 4. The molecule has 0 bridgehead atoms. The Balaban J connectivity index is 1.80. The normalized spacial score (nSPS) is 12.3. The van der Waals surface area contributed by atoms with Gasteiger partial charge < -0.3 is 10.2 Å². The van der Waals surface area contributed by atoms with Crippen LogP contribution < -0.4 is 9.62 Å². The molecule has 4 rings (SSSR count). The highest BCUT2D eigenvalue weighted by atomic mass is 32.2. The lowest BCUT2D eigenvalue weighted by molar-refractivity contribution is -0.140. The molecule has 1 unspecified atom stereocenters. The molecule has 7 nitrogen and oxygen atoms in total. The number of hydrogen-bond donors (Lipinski definition) is 1. The molecule has 43 heavy (non-hydrogen) atoms. The second-order valence-electron chi connectivity index (χ2n) is 11.2. The summed E-state index contributed by atoms with van der Waals surface area (Å²) < 4.78 is 43.8. The maximum atomic E-state index is 15.0. The number of amides is 2. The van der Waals surface area contributed by atoms with E-state index in [0.717, 1.165) is 9.87 Å². The molecule has 224 valence electrons. The quantitative estimate of drug-likeness (QED) is 0.243. The summed E-state index contributed by atoms with van der Waals surface area (Å²) in [5, 5.41) is 2.96. The Morgan fingerprint density at radius 2 is 1.33 bits per heavy atom. The zero-order valence-corrected chi connectivity index (χ0v) is 25.3. The number of rotatable bonds is 11. The van der Waals surface area contributed by atoms with Crippen LogP contribution in [-0.2, 0) is 32.6 Å². The fraction of sp³-hybridized carbons (Fsp3) is 0.235. The topological polar surface area (TPSA) is 86.8 Å². The molecule has 1 atom stereocenters. The second-order valence-corrected chi connectivity index (χ2v) is 13.1. The molecule has 0 aliphatic rings. The van der Waals surface area contributed by atoms with Gasteiger partial charge in [0, 0.05) is 24.1 Å². The predicted octanol–water partition coefficient (Wildman–Crippen LogP) is 5.58. The lowest BCUT2D eigenvalue weighted by Gasteiger charge is -2.35. The fourth-order valence-corrected chi connectivity index (χ4v) is 6.09. The summed E-state index contributed by atoms with van der Waals surface area (Å²) in [6.07, 6.45) is 0.139. The van der Waals surface area contributed by atoms with Crippen LogP contribution in [0.3, 0.4) is 0 Å². The smallest absolute Gasteiger partial charge is 0.264 e. The summed E-state index contributed by atoms with van der Waals surface area (Å²) in [7, 11) is -4.19. The Morgan fingerprint density at radius 1 is 0.791 bits per heavy atom. The monoisotopic (exact) mass is 601 g/mol. The maximum absolute atomic E-state index is 15.0. The number of carbonyl (C=O) groups excluding carboxylic acids is 2. The van der Waals surface area contributed by atoms with E-state index < -0.39 is 45.8 Å². The molecule has 4 aromatic rings. The van der Waals surface area contributed by atoms with Crippen LogP contribution in [0.25, 0.3) is 0 Å². The van der Waals surface area contributed by atoms with Crippen LogP contribution in [0, 0.1) is 5.82 Å². The Kier molecular flexibility index (Phi) is 9.98. The molecule has 0 aliphatic heterocycles. The van der Waals surface area contributed by atoms with Crippen molar-refractivity contribution in [2.75, 3.05) is 10.8 Å². The molecule has 0 radical (unpaired) electrons. The molecule has 0 aromatic heterocycles. The minimum Gasteiger partial charge on any atom is -0.350 e. The Morgan fingerprint density at radius 3 is 1.91 bits per heavy atom. The molecule has 2 amide bonds. The SMILES string of the molecule is CC(C)(C)NC(=O)C(Cc1ccccc1)N(Cc1ccccc1F)C(=O)CN(c1ccccc1)S(=O)(=O)c1ccccc1. The van der Waals surface area contributed by atoms with Gasteiger partial charge in [0.15, 0.2) is 0 Å². The first-order valence-corrected chi connectivity index (χ1v) is 15.4. The summed E-state index contributed by atoms with van der Waals surface area (Å²) in [6.45, 7) is 4.64. The number of carbonyl (C=O) groups is 2. The van der Waals surface area contributed by atoms with E-state index in [9.17, 15) is 22.4 Å². The molecule has 1 N–H and O–H groups in total. The van der Waals surface area contributed by atoms with Gasteiger partial charge in [0.25, 0.3) is 10.0 Å². The molecule has 0 aliphatic carbocycles. The van der Waals surface area contributed by atoms with Crippen LogP contribution in [-0.4, -0.2) is 43.3 Å². The number of anilines is 1. The number of para-hydroxylation sites is 1. The van der Waals surface area contributed by atoms with E-state index in [-0.39, 0.29) is 29.1 Å². The van der Waals surface area contributed by atoms with Crippen LogP contribution in [0.4, 0.5) is 10.1 Å². The third-order valence-corrected chi connectivity index (χ3v) is 8.51. The molecule has 4 aromatic carbocycles. The van der Waals surface area contributed by atoms with Crippen LogP contribution >= 0.6 is 0 Å². The van der Waals surface area contributed by atoms with Gasteiger partial charge in [0.1, 0.15) is 18.4 Å². The highest BCUT2D eigenvalue weighted by molar-refractivity contribution is 7.92. The van der Waals surface area contributed by atoms with Gasteiger partial charge in [0.2, 0.25) is 11.8 Å². The van der Waals surface area contributed by atoms with Crippen molar-refractivity contribution in [1.29, 1.82) is 0 Å². The maximum Gasteiger partial charge on any atom is 0.264 e. The number of nitrogens with zero attached hydrogens (tertiary/aromatic N) is 2. The molecular weight excluding hydrogens is 565 g/mol. The van der Waals surface area contributed by atoms with E-state index in [0.29, 0.717) is 0 Å². The average molecular weight is 602 g/mol. The van der Waals surface area contributed by atoms with Gasteiger partial charge in [-0.05, 0) is 56.7 Å². The van der Waals surface area contributed by atoms with Crippen molar-refractivity contribution in [1.82, 2.24) is 10.2 Å². The minimum absolute atomic E-state index is 0.0126. The fourth-order valence-electron chi connectivity index (χ4n) is 4.66. The lowest BCUT2D eigenvalue weighted by Crippen LogP contribution is -2.56. The van der Waals surface area contributed by atoms with Gasteiger partial charge in [0.05, 0.1) is 10.6 Å². The molecule has 0 saturated heterocycles. The molecular formula is C34H36FN3O4S. The largest absolute Gasteiger partial charge is 0.350 e. The van der Waals surface area contributed by atoms with Crippen LogP contribution in [0.5, 0.6) is 0 Å². The molecule has 0 spiro atoms. The van der Waals surface area contributed by atoms with Gasteiger partial charge >= 0.3 is 0 Å². The standard InChI is InChI=1S/C34H36FN3O4S/c1-34(2,3)36-33(40)31(23-26-15-7-4-8-16-26)37(24-27-17-13-14-22-30(27)35)32(39)25-38(28-18-9-5-10-19-28)43(41,42)29-20-11-6-12-21-29/h4-22,31H,23-25H2,1-3H3,(H,36,40). The van der Waals surface area contributed by atoms with Gasteiger partial charge in [-0.15, -0.1) is 0 Å². The summed E-state index contributed by atoms with van der Waals surface area (Å²) >= 11 is 0. The van der Waals surface area contributed by atoms with E-state index in [4.69, 9.17) is 0 Å². The Hall–Kier alpha value is -4.50. The van der Waals surface area contributed by atoms with E-state index in [2.05, 4.69) is 5.32 Å². The van der Waals surface area contributed by atoms with Crippen molar-refractivity contribution in [2.24, 2.45) is 0 Å². The van der Waals surface area contributed by atoms with Crippen molar-refractivity contribution in [2.45, 2.75) is 50.2 Å². The van der Waals surface area contributed by atoms with Gasteiger partial charge in [-0.3, -0.25) is 13.9 Å². The Labute approximate surface area is 253 Å². The number of halogens is 1. The predicted molar refractivity (Wildman–Crippen MR) is 166 cm³/mol. The first-order valence-electron chi connectivity index (χ1n) is 14.0. The van der Waals surface area contributed by atoms with Crippen molar-refractivity contribution >= 4 is 27.5 Å². The Bertz CT molecular complexity index is 1630. The highest BCUT2D eigenvalue weighted by Gasteiger charge is 2.35. The van der Waals surface area contributed by atoms with Crippen molar-refractivity contribution in [3.05, 3.63) is 132 Å². The highest BCUT2D eigenvalue weighted by Crippen LogP contribution is 2.25. The first-order chi connectivity index (χ1) is 20.5. The van der Waals surface area contributed by atoms with E-state index >= 15 is 0 Å². The minimum atomic E-state index is -4.19. The molecule has 0 fully saturated rings. The van der Waals surface area contributed by atoms with Gasteiger partial charge in [-0.2, -0.15) is 0 Å². The third kappa shape index (κ3) is 8.29. The van der Waals surface area contributed by atoms with Crippen molar-refractivity contribution < 1.29 is 22.4 Å². The van der Waals surface area contributed by atoms with Crippen LogP contribution in [0.2, 0.25) is 0 Å². The number of sulfonamides is 1. The van der Waals surface area contributed by atoms with E-state index in [1.165, 1.54) is 23.1 Å². The van der Waals surface area contributed by atoms with E-state index in [1.54, 1.807) is 66.7 Å². The van der Waals surface area contributed by atoms with Crippen molar-refractivity contribution in [3.63, 3.8) is 0 Å². The summed E-state index contributed by atoms with van der Waals surface area (Å²) in [5.74, 6) is -1.62. The van der Waals surface area contributed by atoms with Gasteiger partial charge in [-0.25, -0.2) is 12.8 Å². The van der Waals surface area contributed by atoms with Crippen LogP contribution in [0.1, 0.15) is 31.9 Å². The third-order valence-electron chi connectivity index (χ3n) is 6.72. The zero-order chi connectivity index (χ0) is 31.0. The summed E-state index contributed by atoms with van der Waals surface area (Å²) in [4.78, 5) is 29.5. The lowest BCUT2D eigenvalue weighted by atomic mass is 10.0. The summed E-state index contributed by atoms with van der Waals surface area (Å²) in [5.41, 5.74) is 0.657. The average Bonchev–Trinajstić information content (AvgIpc) is 2.99. The van der Waals surface area contributed by atoms with Gasteiger partial charge in [-0.1, -0.05) is 84.9 Å². The van der Waals surface area contributed by atoms with Crippen molar-refractivity contribution in [3.8, 4) is 0 Å². The molecule has 9 heteroatoms. The molecule has 0 heterocycles. The second kappa shape index (κ2) is 13.6. The molecule has 0 saturated carbocycles. The van der Waals surface area contributed by atoms with Crippen LogP contribution in [0.15, 0.2) is 120 Å². The zero-order valence-electron chi connectivity index (χ0n) is 24.5.